The van der Waals surface area contributed by atoms with Crippen molar-refractivity contribution in [3.8, 4) is 11.5 Å². The topological polar surface area (TPSA) is 40.5 Å². The van der Waals surface area contributed by atoms with Gasteiger partial charge in [-0.25, -0.2) is 0 Å². The van der Waals surface area contributed by atoms with Gasteiger partial charge in [-0.05, 0) is 24.3 Å². The molecule has 0 saturated heterocycles. The Bertz CT molecular complexity index is 333. The Balaban J connectivity index is 0.000000247. The van der Waals surface area contributed by atoms with E-state index in [0.717, 1.165) is 0 Å². The summed E-state index contributed by atoms with van der Waals surface area (Å²) < 4.78 is 0. The zero-order valence-electron chi connectivity index (χ0n) is 8.92. The molecule has 17 heavy (non-hydrogen) atoms. The van der Waals surface area contributed by atoms with Crippen LogP contribution in [0.4, 0.5) is 0 Å². The summed E-state index contributed by atoms with van der Waals surface area (Å²) in [5, 5.41) is 17.3. The van der Waals surface area contributed by atoms with Crippen molar-refractivity contribution in [2.75, 3.05) is 0 Å². The van der Waals surface area contributed by atoms with Crippen molar-refractivity contribution in [1.82, 2.24) is 0 Å². The standard InChI is InChI=1S/2C6H6O.2HI.Zr/c2*7-6-4-2-1-3-5-6;;;/h2*1-5,7H;2*1H;/q;;;;+2/p-2. The second-order valence-corrected chi connectivity index (χ2v) is 21.7. The summed E-state index contributed by atoms with van der Waals surface area (Å²) in [6.07, 6.45) is 0. The first kappa shape index (κ1) is 17.4. The molecule has 0 aliphatic carbocycles. The molecule has 0 heterocycles. The minimum atomic E-state index is 0.170. The molecule has 0 fully saturated rings. The quantitative estimate of drug-likeness (QED) is 0.488. The molecule has 2 aromatic rings. The van der Waals surface area contributed by atoms with E-state index in [1.165, 1.54) is 0 Å². The zero-order chi connectivity index (χ0) is 12.9. The summed E-state index contributed by atoms with van der Waals surface area (Å²) in [6, 6.07) is 17.4. The average Bonchev–Trinajstić information content (AvgIpc) is 2.33. The van der Waals surface area contributed by atoms with Crippen molar-refractivity contribution in [3.05, 3.63) is 60.7 Å². The zero-order valence-corrected chi connectivity index (χ0v) is 15.7. The Kier molecular flexibility index (Phi) is 13.1. The van der Waals surface area contributed by atoms with E-state index in [9.17, 15) is 0 Å². The molecule has 2 aromatic carbocycles. The number of rotatable bonds is 0. The van der Waals surface area contributed by atoms with Gasteiger partial charge in [-0.1, -0.05) is 36.4 Å². The molecule has 0 radical (unpaired) electrons. The van der Waals surface area contributed by atoms with Crippen LogP contribution in [-0.2, 0) is 14.9 Å². The molecule has 0 bridgehead atoms. The summed E-state index contributed by atoms with van der Waals surface area (Å²) in [5.74, 6) is 0.644. The molecule has 2 nitrogen and oxygen atoms in total. The van der Waals surface area contributed by atoms with Gasteiger partial charge >= 0.3 is 50.9 Å². The van der Waals surface area contributed by atoms with Crippen LogP contribution in [0, 0.1) is 0 Å². The van der Waals surface area contributed by atoms with Crippen LogP contribution in [0.15, 0.2) is 60.7 Å². The normalized spacial score (nSPS) is 7.88. The Morgan fingerprint density at radius 2 is 0.882 bits per heavy atom. The van der Waals surface area contributed by atoms with Gasteiger partial charge in [0.15, 0.2) is 0 Å². The summed E-state index contributed by atoms with van der Waals surface area (Å²) >= 11 is 5.06. The molecule has 0 aliphatic rings. The van der Waals surface area contributed by atoms with E-state index in [1.54, 1.807) is 48.5 Å². The Morgan fingerprint density at radius 3 is 1.00 bits per heavy atom. The number of halogens is 2. The first-order valence-electron chi connectivity index (χ1n) is 4.65. The predicted molar refractivity (Wildman–Crippen MR) is 84.3 cm³/mol. The summed E-state index contributed by atoms with van der Waals surface area (Å²) in [7, 11) is 0. The molecule has 0 spiro atoms. The first-order valence-corrected chi connectivity index (χ1v) is 19.3. The van der Waals surface area contributed by atoms with Gasteiger partial charge in [0, 0.05) is 0 Å². The molecule has 0 amide bonds. The Morgan fingerprint density at radius 1 is 0.647 bits per heavy atom. The predicted octanol–water partition coefficient (Wildman–Crippen LogP) is 4.55. The van der Waals surface area contributed by atoms with Crippen LogP contribution < -0.4 is 0 Å². The third-order valence-corrected chi connectivity index (χ3v) is 1.51. The summed E-state index contributed by atoms with van der Waals surface area (Å²) in [5.41, 5.74) is 0. The maximum atomic E-state index is 8.63. The fourth-order valence-corrected chi connectivity index (χ4v) is 0.856. The van der Waals surface area contributed by atoms with Crippen LogP contribution in [0.1, 0.15) is 0 Å². The average molecular weight is 533 g/mol. The summed E-state index contributed by atoms with van der Waals surface area (Å²) in [4.78, 5) is 0. The number of hydrogen-bond donors (Lipinski definition) is 2. The number of benzene rings is 2. The second-order valence-electron chi connectivity index (χ2n) is 2.74. The van der Waals surface area contributed by atoms with E-state index in [4.69, 9.17) is 10.2 Å². The molecule has 2 N–H and O–H groups in total. The van der Waals surface area contributed by atoms with Crippen LogP contribution in [0.5, 0.6) is 11.5 Å². The molecular formula is C12H12I2O2Zr. The molecule has 2 rings (SSSR count). The fraction of sp³-hybridized carbons (Fsp3) is 0. The maximum absolute atomic E-state index is 8.63. The number of aromatic hydroxyl groups is 2. The van der Waals surface area contributed by atoms with Gasteiger partial charge in [-0.15, -0.1) is 0 Å². The molecule has 0 unspecified atom stereocenters. The van der Waals surface area contributed by atoms with Crippen molar-refractivity contribution in [2.45, 2.75) is 0 Å². The van der Waals surface area contributed by atoms with Gasteiger partial charge < -0.3 is 10.2 Å². The molecule has 5 heteroatoms. The van der Waals surface area contributed by atoms with Crippen molar-refractivity contribution in [1.29, 1.82) is 0 Å². The van der Waals surface area contributed by atoms with E-state index in [0.29, 0.717) is 11.5 Å². The molecule has 90 valence electrons. The number of para-hydroxylation sites is 2. The SMILES string of the molecule is Oc1ccccc1.Oc1ccccc1.[I][Zr][I]. The van der Waals surface area contributed by atoms with Crippen LogP contribution >= 0.6 is 36.1 Å². The Hall–Kier alpha value is 0.383. The van der Waals surface area contributed by atoms with Gasteiger partial charge in [-0.2, -0.15) is 0 Å². The number of phenolic OH excluding ortho intramolecular Hbond substituents is 2. The van der Waals surface area contributed by atoms with Crippen molar-refractivity contribution in [3.63, 3.8) is 0 Å². The third kappa shape index (κ3) is 12.6. The van der Waals surface area contributed by atoms with Crippen LogP contribution in [-0.4, -0.2) is 10.2 Å². The third-order valence-electron chi connectivity index (χ3n) is 1.51. The second kappa shape index (κ2) is 12.8. The molecule has 0 aromatic heterocycles. The molecule has 0 saturated carbocycles. The van der Waals surface area contributed by atoms with Crippen molar-refractivity contribution >= 4 is 36.1 Å². The van der Waals surface area contributed by atoms with Gasteiger partial charge in [-0.3, -0.25) is 0 Å². The van der Waals surface area contributed by atoms with Crippen LogP contribution in [0.2, 0.25) is 0 Å². The van der Waals surface area contributed by atoms with Gasteiger partial charge in [0.05, 0.1) is 0 Å². The van der Waals surface area contributed by atoms with Gasteiger partial charge in [0.2, 0.25) is 0 Å². The van der Waals surface area contributed by atoms with E-state index in [2.05, 4.69) is 36.1 Å². The summed E-state index contributed by atoms with van der Waals surface area (Å²) in [6.45, 7) is 0. The molecule has 0 aliphatic heterocycles. The van der Waals surface area contributed by atoms with Crippen LogP contribution in [0.3, 0.4) is 0 Å². The first-order chi connectivity index (χ1) is 8.20. The van der Waals surface area contributed by atoms with Crippen molar-refractivity contribution in [2.24, 2.45) is 0 Å². The Labute approximate surface area is 131 Å². The van der Waals surface area contributed by atoms with E-state index < -0.39 is 0 Å². The number of hydrogen-bond acceptors (Lipinski definition) is 2. The fourth-order valence-electron chi connectivity index (χ4n) is 0.856. The number of phenols is 2. The van der Waals surface area contributed by atoms with Gasteiger partial charge in [0.25, 0.3) is 0 Å². The van der Waals surface area contributed by atoms with Crippen LogP contribution in [0.25, 0.3) is 0 Å². The molecule has 0 atom stereocenters. The molecular weight excluding hydrogens is 521 g/mol. The van der Waals surface area contributed by atoms with E-state index in [1.807, 2.05) is 12.1 Å². The van der Waals surface area contributed by atoms with Gasteiger partial charge in [0.1, 0.15) is 11.5 Å². The van der Waals surface area contributed by atoms with E-state index in [-0.39, 0.29) is 14.9 Å². The monoisotopic (exact) mass is 532 g/mol. The van der Waals surface area contributed by atoms with E-state index >= 15 is 0 Å². The van der Waals surface area contributed by atoms with Crippen molar-refractivity contribution < 1.29 is 25.1 Å². The minimum absolute atomic E-state index is 0.170.